The third-order valence-corrected chi connectivity index (χ3v) is 8.30. The van der Waals surface area contributed by atoms with E-state index >= 15 is 0 Å². The number of benzene rings is 3. The lowest BCUT2D eigenvalue weighted by Gasteiger charge is -2.29. The van der Waals surface area contributed by atoms with Gasteiger partial charge in [0, 0.05) is 11.1 Å². The van der Waals surface area contributed by atoms with Crippen LogP contribution in [0.25, 0.3) is 22.3 Å². The van der Waals surface area contributed by atoms with Gasteiger partial charge in [-0.05, 0) is 78.2 Å². The Hall–Kier alpha value is -2.05. The maximum Gasteiger partial charge on any atom is 0.0562 e. The largest absolute Gasteiger partial charge is 0.0830 e. The van der Waals surface area contributed by atoms with Crippen LogP contribution in [0.1, 0.15) is 132 Å². The lowest BCUT2D eigenvalue weighted by Crippen LogP contribution is -2.17. The Kier molecular flexibility index (Phi) is 8.15. The van der Waals surface area contributed by atoms with Crippen molar-refractivity contribution in [1.29, 1.82) is 0 Å². The highest BCUT2D eigenvalue weighted by Gasteiger charge is 2.26. The molecule has 0 fully saturated rings. The maximum atomic E-state index is 7.47. The molecule has 0 aliphatic carbocycles. The van der Waals surface area contributed by atoms with E-state index in [-0.39, 0.29) is 27.1 Å². The molecule has 0 radical (unpaired) electrons. The molecule has 0 N–H and O–H groups in total. The predicted molar refractivity (Wildman–Crippen MR) is 176 cm³/mol. The molecule has 0 unspecified atom stereocenters. The Bertz CT molecular complexity index is 1190. The summed E-state index contributed by atoms with van der Waals surface area (Å²) in [6, 6.07) is 18.9. The van der Waals surface area contributed by atoms with Crippen molar-refractivity contribution in [2.75, 3.05) is 0 Å². The van der Waals surface area contributed by atoms with Crippen molar-refractivity contribution in [2.45, 2.75) is 131 Å². The van der Waals surface area contributed by atoms with Gasteiger partial charge in [0.2, 0.25) is 0 Å². The van der Waals surface area contributed by atoms with Crippen LogP contribution in [0.3, 0.4) is 0 Å². The summed E-state index contributed by atoms with van der Waals surface area (Å²) in [5, 5.41) is 0.833. The van der Waals surface area contributed by atoms with Gasteiger partial charge in [-0.2, -0.15) is 0 Å². The van der Waals surface area contributed by atoms with Crippen molar-refractivity contribution in [3.8, 4) is 22.3 Å². The van der Waals surface area contributed by atoms with Crippen LogP contribution in [0.2, 0.25) is 5.02 Å². The average molecular weight is 545 g/mol. The molecule has 1 heteroatoms. The topological polar surface area (TPSA) is 0 Å². The van der Waals surface area contributed by atoms with Crippen LogP contribution in [0, 0.1) is 0 Å². The van der Waals surface area contributed by atoms with Gasteiger partial charge in [0.15, 0.2) is 0 Å². The SMILES string of the molecule is CC(C)(C)c1cc(-c2cc(C(C)(C)C)cc(-c3cc(C(C)(C)C)cc(C(C)(C)C)c3)c2Cl)cc(C(C)(C)C)c1. The minimum absolute atomic E-state index is 0.0168. The molecule has 0 aromatic heterocycles. The summed E-state index contributed by atoms with van der Waals surface area (Å²) in [4.78, 5) is 0. The second-order valence-corrected chi connectivity index (χ2v) is 17.1. The maximum absolute atomic E-state index is 7.47. The summed E-state index contributed by atoms with van der Waals surface area (Å²) in [7, 11) is 0. The molecule has 0 aliphatic heterocycles. The van der Waals surface area contributed by atoms with Crippen molar-refractivity contribution < 1.29 is 0 Å². The molecule has 0 saturated heterocycles. The Labute approximate surface area is 245 Å². The lowest BCUT2D eigenvalue weighted by molar-refractivity contribution is 0.568. The molecule has 0 bridgehead atoms. The van der Waals surface area contributed by atoms with Gasteiger partial charge in [-0.15, -0.1) is 0 Å². The van der Waals surface area contributed by atoms with Crippen molar-refractivity contribution in [1.82, 2.24) is 0 Å². The standard InChI is InChI=1S/C38H53Cl/c1-34(2,3)26-16-24(17-27(20-26)35(4,5)6)31-22-30(38(13,14)15)23-32(33(31)39)25-18-28(36(7,8)9)21-29(19-25)37(10,11)12/h16-23H,1-15H3. The van der Waals surface area contributed by atoms with Gasteiger partial charge in [0.05, 0.1) is 5.02 Å². The van der Waals surface area contributed by atoms with Gasteiger partial charge in [-0.3, -0.25) is 0 Å². The van der Waals surface area contributed by atoms with Gasteiger partial charge in [0.25, 0.3) is 0 Å². The summed E-state index contributed by atoms with van der Waals surface area (Å²) < 4.78 is 0. The Morgan fingerprint density at radius 2 is 0.538 bits per heavy atom. The van der Waals surface area contributed by atoms with E-state index in [0.717, 1.165) is 16.1 Å². The molecule has 3 aromatic carbocycles. The van der Waals surface area contributed by atoms with Crippen LogP contribution in [0.5, 0.6) is 0 Å². The van der Waals surface area contributed by atoms with Gasteiger partial charge < -0.3 is 0 Å². The third kappa shape index (κ3) is 7.18. The molecule has 0 saturated carbocycles. The number of halogens is 1. The van der Waals surface area contributed by atoms with E-state index in [1.54, 1.807) is 0 Å². The van der Waals surface area contributed by atoms with Gasteiger partial charge in [0.1, 0.15) is 0 Å². The highest BCUT2D eigenvalue weighted by molar-refractivity contribution is 6.36. The second-order valence-electron chi connectivity index (χ2n) is 16.7. The molecule has 3 aromatic rings. The van der Waals surface area contributed by atoms with Crippen molar-refractivity contribution in [2.24, 2.45) is 0 Å². The van der Waals surface area contributed by atoms with Gasteiger partial charge in [-0.1, -0.05) is 152 Å². The van der Waals surface area contributed by atoms with E-state index in [1.807, 2.05) is 0 Å². The predicted octanol–water partition coefficient (Wildman–Crippen LogP) is 12.2. The van der Waals surface area contributed by atoms with E-state index in [4.69, 9.17) is 11.6 Å². The summed E-state index contributed by atoms with van der Waals surface area (Å²) in [5.74, 6) is 0. The van der Waals surface area contributed by atoms with Crippen LogP contribution < -0.4 is 0 Å². The number of hydrogen-bond donors (Lipinski definition) is 0. The van der Waals surface area contributed by atoms with Crippen molar-refractivity contribution in [3.05, 3.63) is 81.4 Å². The van der Waals surface area contributed by atoms with Crippen LogP contribution in [0.15, 0.2) is 48.5 Å². The van der Waals surface area contributed by atoms with E-state index < -0.39 is 0 Å². The molecule has 0 nitrogen and oxygen atoms in total. The molecule has 0 spiro atoms. The molecule has 212 valence electrons. The lowest BCUT2D eigenvalue weighted by atomic mass is 9.77. The molecular weight excluding hydrogens is 492 g/mol. The zero-order valence-corrected chi connectivity index (χ0v) is 28.3. The van der Waals surface area contributed by atoms with Crippen molar-refractivity contribution in [3.63, 3.8) is 0 Å². The summed E-state index contributed by atoms with van der Waals surface area (Å²) in [6.45, 7) is 34.4. The van der Waals surface area contributed by atoms with E-state index in [1.165, 1.54) is 38.9 Å². The van der Waals surface area contributed by atoms with E-state index in [9.17, 15) is 0 Å². The molecule has 0 amide bonds. The smallest absolute Gasteiger partial charge is 0.0562 e. The third-order valence-electron chi connectivity index (χ3n) is 7.89. The Morgan fingerprint density at radius 3 is 0.744 bits per heavy atom. The van der Waals surface area contributed by atoms with Crippen molar-refractivity contribution >= 4 is 11.6 Å². The highest BCUT2D eigenvalue weighted by Crippen LogP contribution is 2.44. The van der Waals surface area contributed by atoms with Crippen LogP contribution in [0.4, 0.5) is 0 Å². The Balaban J connectivity index is 2.46. The molecule has 0 heterocycles. The van der Waals surface area contributed by atoms with E-state index in [0.29, 0.717) is 0 Å². The first-order valence-electron chi connectivity index (χ1n) is 14.6. The first-order valence-corrected chi connectivity index (χ1v) is 14.9. The second kappa shape index (κ2) is 10.1. The zero-order valence-electron chi connectivity index (χ0n) is 27.5. The molecule has 3 rings (SSSR count). The minimum atomic E-state index is -0.0168. The summed E-state index contributed by atoms with van der Waals surface area (Å²) in [6.07, 6.45) is 0. The zero-order chi connectivity index (χ0) is 29.9. The average Bonchev–Trinajstić information content (AvgIpc) is 2.75. The molecule has 0 aliphatic rings. The van der Waals surface area contributed by atoms with E-state index in [2.05, 4.69) is 152 Å². The van der Waals surface area contributed by atoms with Gasteiger partial charge >= 0.3 is 0 Å². The monoisotopic (exact) mass is 544 g/mol. The minimum Gasteiger partial charge on any atom is -0.0830 e. The Morgan fingerprint density at radius 1 is 0.333 bits per heavy atom. The number of hydrogen-bond acceptors (Lipinski definition) is 0. The summed E-state index contributed by atoms with van der Waals surface area (Å²) >= 11 is 7.47. The number of rotatable bonds is 2. The molecule has 0 atom stereocenters. The normalized spacial score (nSPS) is 13.6. The fourth-order valence-corrected chi connectivity index (χ4v) is 5.10. The fraction of sp³-hybridized carbons (Fsp3) is 0.526. The van der Waals surface area contributed by atoms with Crippen LogP contribution in [-0.2, 0) is 27.1 Å². The molecule has 39 heavy (non-hydrogen) atoms. The van der Waals surface area contributed by atoms with Gasteiger partial charge in [-0.25, -0.2) is 0 Å². The highest BCUT2D eigenvalue weighted by atomic mass is 35.5. The quantitative estimate of drug-likeness (QED) is 0.301. The first kappa shape index (κ1) is 31.5. The van der Waals surface area contributed by atoms with Crippen LogP contribution in [-0.4, -0.2) is 0 Å². The molecular formula is C38H53Cl. The first-order chi connectivity index (χ1) is 17.4. The fourth-order valence-electron chi connectivity index (χ4n) is 4.78. The summed E-state index contributed by atoms with van der Waals surface area (Å²) in [5.41, 5.74) is 11.4. The van der Waals surface area contributed by atoms with Crippen LogP contribution >= 0.6 is 11.6 Å².